The number of fused-ring (bicyclic) bond motifs is 1. The third-order valence-electron chi connectivity index (χ3n) is 7.86. The topological polar surface area (TPSA) is 113 Å². The molecule has 0 bridgehead atoms. The zero-order valence-electron chi connectivity index (χ0n) is 24.9. The number of nitrogens with zero attached hydrogens (tertiary/aromatic N) is 1. The first kappa shape index (κ1) is 32.4. The van der Waals surface area contributed by atoms with Crippen molar-refractivity contribution >= 4 is 44.9 Å². The van der Waals surface area contributed by atoms with Crippen molar-refractivity contribution in [3.8, 4) is 5.75 Å². The fourth-order valence-electron chi connectivity index (χ4n) is 5.53. The van der Waals surface area contributed by atoms with E-state index in [1.165, 1.54) is 11.8 Å². The lowest BCUT2D eigenvalue weighted by molar-refractivity contribution is -0.142. The number of sulfone groups is 1. The maximum absolute atomic E-state index is 14.1. The van der Waals surface area contributed by atoms with Gasteiger partial charge in [-0.1, -0.05) is 82.1 Å². The van der Waals surface area contributed by atoms with Gasteiger partial charge in [0.2, 0.25) is 0 Å². The van der Waals surface area contributed by atoms with Gasteiger partial charge in [0.25, 0.3) is 5.91 Å². The number of carboxylic acid groups (broad SMARTS) is 1. The molecule has 0 aliphatic carbocycles. The summed E-state index contributed by atoms with van der Waals surface area (Å²) in [6, 6.07) is 20.4. The second kappa shape index (κ2) is 14.3. The van der Waals surface area contributed by atoms with Crippen molar-refractivity contribution in [2.75, 3.05) is 29.6 Å². The van der Waals surface area contributed by atoms with Crippen molar-refractivity contribution in [1.29, 1.82) is 0 Å². The molecule has 1 heterocycles. The van der Waals surface area contributed by atoms with Crippen molar-refractivity contribution in [1.82, 2.24) is 5.32 Å². The number of aliphatic carboxylic acids is 1. The Morgan fingerprint density at radius 1 is 1.05 bits per heavy atom. The highest BCUT2D eigenvalue weighted by Crippen LogP contribution is 2.47. The van der Waals surface area contributed by atoms with Gasteiger partial charge in [0.1, 0.15) is 5.75 Å². The van der Waals surface area contributed by atoms with Crippen LogP contribution in [-0.4, -0.2) is 50.1 Å². The average molecular weight is 625 g/mol. The second-order valence-electron chi connectivity index (χ2n) is 10.9. The fraction of sp³-hybridized carbons (Fsp3) is 0.394. The van der Waals surface area contributed by atoms with E-state index in [1.54, 1.807) is 36.4 Å². The molecular weight excluding hydrogens is 585 g/mol. The van der Waals surface area contributed by atoms with Crippen LogP contribution in [0.5, 0.6) is 5.75 Å². The van der Waals surface area contributed by atoms with Gasteiger partial charge in [0.15, 0.2) is 22.5 Å². The number of hydrogen-bond acceptors (Lipinski definition) is 7. The summed E-state index contributed by atoms with van der Waals surface area (Å²) in [5.41, 5.74) is 1.51. The number of ether oxygens (including phenoxy) is 1. The van der Waals surface area contributed by atoms with Crippen molar-refractivity contribution in [2.45, 2.75) is 62.3 Å². The number of carbonyl (C=O) groups is 2. The third kappa shape index (κ3) is 7.72. The van der Waals surface area contributed by atoms with E-state index < -0.39 is 39.8 Å². The molecule has 4 rings (SSSR count). The molecule has 1 aliphatic heterocycles. The van der Waals surface area contributed by atoms with Crippen LogP contribution in [-0.2, 0) is 19.4 Å². The molecule has 10 heteroatoms. The van der Waals surface area contributed by atoms with Crippen LogP contribution in [0, 0.1) is 5.41 Å². The summed E-state index contributed by atoms with van der Waals surface area (Å²) in [6.07, 6.45) is 3.42. The molecule has 0 fully saturated rings. The first-order valence-electron chi connectivity index (χ1n) is 14.7. The Hall–Kier alpha value is -3.50. The number of anilines is 2. The van der Waals surface area contributed by atoms with E-state index in [2.05, 4.69) is 24.1 Å². The Bertz CT molecular complexity index is 1520. The van der Waals surface area contributed by atoms with E-state index in [1.807, 2.05) is 43.3 Å². The molecule has 0 saturated carbocycles. The normalized spacial score (nSPS) is 18.3. The Morgan fingerprint density at radius 2 is 1.72 bits per heavy atom. The monoisotopic (exact) mass is 624 g/mol. The molecule has 3 aromatic carbocycles. The zero-order chi connectivity index (χ0) is 31.0. The Morgan fingerprint density at radius 3 is 2.33 bits per heavy atom. The minimum Gasteiger partial charge on any atom is -0.483 e. The van der Waals surface area contributed by atoms with Crippen LogP contribution in [0.2, 0.25) is 0 Å². The van der Waals surface area contributed by atoms with Crippen LogP contribution in [0.15, 0.2) is 82.6 Å². The highest BCUT2D eigenvalue weighted by molar-refractivity contribution is 7.99. The van der Waals surface area contributed by atoms with Crippen LogP contribution < -0.4 is 15.0 Å². The Balaban J connectivity index is 1.72. The lowest BCUT2D eigenvalue weighted by Gasteiger charge is -2.36. The van der Waals surface area contributed by atoms with E-state index in [4.69, 9.17) is 4.74 Å². The number of para-hydroxylation sites is 1. The molecule has 230 valence electrons. The van der Waals surface area contributed by atoms with E-state index >= 15 is 0 Å². The predicted molar refractivity (Wildman–Crippen MR) is 171 cm³/mol. The highest BCUT2D eigenvalue weighted by Gasteiger charge is 2.42. The van der Waals surface area contributed by atoms with Gasteiger partial charge < -0.3 is 20.1 Å². The summed E-state index contributed by atoms with van der Waals surface area (Å²) in [7, 11) is -3.74. The number of unbranched alkanes of at least 4 members (excludes halogenated alkanes) is 1. The number of amides is 1. The lowest BCUT2D eigenvalue weighted by Crippen LogP contribution is -2.37. The second-order valence-corrected chi connectivity index (χ2v) is 14.1. The van der Waals surface area contributed by atoms with Gasteiger partial charge in [-0.25, -0.2) is 13.2 Å². The maximum Gasteiger partial charge on any atom is 0.330 e. The summed E-state index contributed by atoms with van der Waals surface area (Å²) in [5, 5.41) is 12.2. The molecule has 1 unspecified atom stereocenters. The largest absolute Gasteiger partial charge is 0.483 e. The molecule has 1 aliphatic rings. The number of carbonyl (C=O) groups excluding carboxylic acids is 1. The molecule has 2 atom stereocenters. The number of thioether (sulfide) groups is 1. The molecule has 43 heavy (non-hydrogen) atoms. The van der Waals surface area contributed by atoms with E-state index in [0.717, 1.165) is 31.4 Å². The molecule has 3 aromatic rings. The molecule has 2 N–H and O–H groups in total. The van der Waals surface area contributed by atoms with E-state index in [-0.39, 0.29) is 16.4 Å². The number of carboxylic acids is 1. The molecule has 0 saturated heterocycles. The standard InChI is InChI=1S/C33H40N2O6S2/c1-4-7-18-33(5-2)22-35(25-16-12-9-13-17-25)26-19-28(42-6-3)27(20-29(26)43(39,40)23-33)41-21-30(36)34-31(32(37)38)24-14-10-8-11-15-24/h8-17,19-20,31H,4-7,18,21-23H2,1-3H3,(H,34,36)(H,37,38)/t31-,33?/m1/s1. The van der Waals surface area contributed by atoms with Crippen LogP contribution >= 0.6 is 11.8 Å². The van der Waals surface area contributed by atoms with Crippen molar-refractivity contribution in [3.63, 3.8) is 0 Å². The maximum atomic E-state index is 14.1. The summed E-state index contributed by atoms with van der Waals surface area (Å²) in [4.78, 5) is 27.7. The summed E-state index contributed by atoms with van der Waals surface area (Å²) < 4.78 is 34.2. The zero-order valence-corrected chi connectivity index (χ0v) is 26.5. The first-order valence-corrected chi connectivity index (χ1v) is 17.3. The van der Waals surface area contributed by atoms with Gasteiger partial charge in [-0.15, -0.1) is 11.8 Å². The minimum atomic E-state index is -3.74. The summed E-state index contributed by atoms with van der Waals surface area (Å²) in [6.45, 7) is 6.27. The van der Waals surface area contributed by atoms with Gasteiger partial charge in [0.05, 0.1) is 21.2 Å². The number of rotatable bonds is 13. The van der Waals surface area contributed by atoms with E-state index in [0.29, 0.717) is 28.4 Å². The average Bonchev–Trinajstić information content (AvgIpc) is 3.10. The van der Waals surface area contributed by atoms with Gasteiger partial charge in [0, 0.05) is 23.7 Å². The molecule has 1 amide bonds. The molecule has 0 radical (unpaired) electrons. The van der Waals surface area contributed by atoms with Gasteiger partial charge in [-0.2, -0.15) is 0 Å². The van der Waals surface area contributed by atoms with Gasteiger partial charge in [-0.3, -0.25) is 4.79 Å². The fourth-order valence-corrected chi connectivity index (χ4v) is 8.47. The first-order chi connectivity index (χ1) is 20.6. The van der Waals surface area contributed by atoms with Crippen LogP contribution in [0.1, 0.15) is 58.1 Å². The highest BCUT2D eigenvalue weighted by atomic mass is 32.2. The van der Waals surface area contributed by atoms with Gasteiger partial charge >= 0.3 is 5.97 Å². The Labute approximate surface area is 258 Å². The predicted octanol–water partition coefficient (Wildman–Crippen LogP) is 6.63. The quantitative estimate of drug-likeness (QED) is 0.204. The third-order valence-corrected chi connectivity index (χ3v) is 10.8. The van der Waals surface area contributed by atoms with Crippen molar-refractivity contribution < 1.29 is 27.9 Å². The van der Waals surface area contributed by atoms with Crippen LogP contribution in [0.25, 0.3) is 0 Å². The van der Waals surface area contributed by atoms with Crippen molar-refractivity contribution in [2.24, 2.45) is 5.41 Å². The number of nitrogens with one attached hydrogen (secondary N) is 1. The van der Waals surface area contributed by atoms with Crippen molar-refractivity contribution in [3.05, 3.63) is 78.4 Å². The summed E-state index contributed by atoms with van der Waals surface area (Å²) >= 11 is 1.49. The van der Waals surface area contributed by atoms with Crippen LogP contribution in [0.3, 0.4) is 0 Å². The molecular formula is C33H40N2O6S2. The molecule has 0 aromatic heterocycles. The number of benzene rings is 3. The molecule has 0 spiro atoms. The number of hydrogen-bond donors (Lipinski definition) is 2. The van der Waals surface area contributed by atoms with Crippen LogP contribution in [0.4, 0.5) is 11.4 Å². The SMILES string of the molecule is CCCCC1(CC)CN(c2ccccc2)c2cc(SCC)c(OCC(=O)N[C@@H](C(=O)O)c3ccccc3)cc2S(=O)(=O)C1. The lowest BCUT2D eigenvalue weighted by atomic mass is 9.81. The molecule has 8 nitrogen and oxygen atoms in total. The van der Waals surface area contributed by atoms with E-state index in [9.17, 15) is 23.1 Å². The summed E-state index contributed by atoms with van der Waals surface area (Å²) in [5.74, 6) is -0.825. The van der Waals surface area contributed by atoms with Gasteiger partial charge in [-0.05, 0) is 42.4 Å². The minimum absolute atomic E-state index is 0.0182. The smallest absolute Gasteiger partial charge is 0.330 e. The Kier molecular flexibility index (Phi) is 10.8.